The molecule has 0 radical (unpaired) electrons. The van der Waals surface area contributed by atoms with Gasteiger partial charge in [-0.1, -0.05) is 24.3 Å². The van der Waals surface area contributed by atoms with Crippen LogP contribution < -0.4 is 0 Å². The zero-order valence-corrected chi connectivity index (χ0v) is 9.15. The monoisotopic (exact) mass is 210 g/mol. The van der Waals surface area contributed by atoms with E-state index in [4.69, 9.17) is 4.74 Å². The van der Waals surface area contributed by atoms with Crippen molar-refractivity contribution in [3.8, 4) is 0 Å². The maximum atomic E-state index is 5.96. The van der Waals surface area contributed by atoms with Gasteiger partial charge in [-0.3, -0.25) is 0 Å². The van der Waals surface area contributed by atoms with Crippen LogP contribution in [0, 0.1) is 0 Å². The van der Waals surface area contributed by atoms with E-state index < -0.39 is 0 Å². The minimum atomic E-state index is 0.268. The first-order chi connectivity index (χ1) is 7.92. The summed E-state index contributed by atoms with van der Waals surface area (Å²) in [5.41, 5.74) is 6.35. The summed E-state index contributed by atoms with van der Waals surface area (Å²) < 4.78 is 5.96. The van der Waals surface area contributed by atoms with Gasteiger partial charge in [-0.25, -0.2) is 0 Å². The molecule has 0 spiro atoms. The van der Waals surface area contributed by atoms with Gasteiger partial charge in [0.15, 0.2) is 0 Å². The Kier molecular flexibility index (Phi) is 1.23. The van der Waals surface area contributed by atoms with Crippen molar-refractivity contribution in [1.29, 1.82) is 0 Å². The Morgan fingerprint density at radius 3 is 2.69 bits per heavy atom. The standard InChI is InChI=1S/C15H14O/c1-2-9-7-8(1)10-3-4-11-12-5-6-13(16-12)15(11)14(9)10/h3-6,8-9,12-13H,1-2,7H2/t8-,9+,12-,13+/m1/s1. The Balaban J connectivity index is 1.84. The van der Waals surface area contributed by atoms with Crippen LogP contribution in [0.15, 0.2) is 24.3 Å². The van der Waals surface area contributed by atoms with Gasteiger partial charge in [0.2, 0.25) is 0 Å². The normalized spacial score (nSPS) is 40.5. The third kappa shape index (κ3) is 0.737. The SMILES string of the molecule is C1=C[C@H]2O[C@@H]1c1c2ccc2c1[C@H]1CC[C@@H]2C1. The predicted molar refractivity (Wildman–Crippen MR) is 61.5 cm³/mol. The van der Waals surface area contributed by atoms with Gasteiger partial charge in [0.05, 0.1) is 0 Å². The third-order valence-corrected chi connectivity index (χ3v) is 4.98. The molecule has 4 bridgehead atoms. The highest BCUT2D eigenvalue weighted by Gasteiger charge is 2.44. The lowest BCUT2D eigenvalue weighted by Gasteiger charge is -2.21. The van der Waals surface area contributed by atoms with Crippen LogP contribution in [-0.4, -0.2) is 0 Å². The van der Waals surface area contributed by atoms with Crippen molar-refractivity contribution in [2.75, 3.05) is 0 Å². The fourth-order valence-electron chi connectivity index (χ4n) is 4.37. The summed E-state index contributed by atoms with van der Waals surface area (Å²) in [7, 11) is 0. The highest BCUT2D eigenvalue weighted by atomic mass is 16.5. The second kappa shape index (κ2) is 2.43. The summed E-state index contributed by atoms with van der Waals surface area (Å²) in [6.07, 6.45) is 9.26. The smallest absolute Gasteiger partial charge is 0.103 e. The topological polar surface area (TPSA) is 9.23 Å². The molecule has 5 rings (SSSR count). The molecule has 1 nitrogen and oxygen atoms in total. The number of rotatable bonds is 0. The highest BCUT2D eigenvalue weighted by molar-refractivity contribution is 5.56. The van der Waals surface area contributed by atoms with E-state index in [0.29, 0.717) is 0 Å². The molecule has 0 saturated heterocycles. The van der Waals surface area contributed by atoms with Gasteiger partial charge in [-0.2, -0.15) is 0 Å². The van der Waals surface area contributed by atoms with Gasteiger partial charge in [0.25, 0.3) is 0 Å². The zero-order valence-electron chi connectivity index (χ0n) is 9.15. The van der Waals surface area contributed by atoms with Crippen molar-refractivity contribution >= 4 is 0 Å². The number of fused-ring (bicyclic) bond motifs is 11. The lowest BCUT2D eigenvalue weighted by Crippen LogP contribution is -2.05. The summed E-state index contributed by atoms with van der Waals surface area (Å²) >= 11 is 0. The second-order valence-electron chi connectivity index (χ2n) is 5.64. The van der Waals surface area contributed by atoms with Crippen molar-refractivity contribution in [3.05, 3.63) is 46.5 Å². The van der Waals surface area contributed by atoms with Gasteiger partial charge < -0.3 is 4.74 Å². The first kappa shape index (κ1) is 8.08. The van der Waals surface area contributed by atoms with E-state index in [-0.39, 0.29) is 12.2 Å². The highest BCUT2D eigenvalue weighted by Crippen LogP contribution is 2.59. The van der Waals surface area contributed by atoms with Crippen molar-refractivity contribution in [1.82, 2.24) is 0 Å². The van der Waals surface area contributed by atoms with Crippen LogP contribution in [0.4, 0.5) is 0 Å². The van der Waals surface area contributed by atoms with E-state index >= 15 is 0 Å². The zero-order chi connectivity index (χ0) is 10.3. The number of benzene rings is 1. The molecule has 0 unspecified atom stereocenters. The molecule has 2 aliphatic heterocycles. The number of hydrogen-bond acceptors (Lipinski definition) is 1. The summed E-state index contributed by atoms with van der Waals surface area (Å²) in [5.74, 6) is 1.72. The Hall–Kier alpha value is -1.08. The van der Waals surface area contributed by atoms with Crippen molar-refractivity contribution < 1.29 is 4.74 Å². The molecule has 2 heterocycles. The summed E-state index contributed by atoms with van der Waals surface area (Å²) in [5, 5.41) is 0. The van der Waals surface area contributed by atoms with Crippen LogP contribution >= 0.6 is 0 Å². The van der Waals surface area contributed by atoms with Crippen molar-refractivity contribution in [2.45, 2.75) is 43.3 Å². The Bertz CT molecular complexity index is 528. The largest absolute Gasteiger partial charge is 0.357 e. The molecule has 4 atom stereocenters. The van der Waals surface area contributed by atoms with Gasteiger partial charge >= 0.3 is 0 Å². The molecule has 1 aromatic rings. The third-order valence-electron chi connectivity index (χ3n) is 4.98. The van der Waals surface area contributed by atoms with Crippen LogP contribution in [0.5, 0.6) is 0 Å². The predicted octanol–water partition coefficient (Wildman–Crippen LogP) is 3.73. The molecule has 2 aliphatic carbocycles. The Morgan fingerprint density at radius 1 is 0.875 bits per heavy atom. The van der Waals surface area contributed by atoms with Crippen LogP contribution in [0.2, 0.25) is 0 Å². The molecule has 1 heteroatoms. The average molecular weight is 210 g/mol. The van der Waals surface area contributed by atoms with E-state index in [9.17, 15) is 0 Å². The summed E-state index contributed by atoms with van der Waals surface area (Å²) in [6.45, 7) is 0. The van der Waals surface area contributed by atoms with Gasteiger partial charge in [-0.15, -0.1) is 0 Å². The molecule has 0 aromatic heterocycles. The minimum absolute atomic E-state index is 0.268. The maximum Gasteiger partial charge on any atom is 0.103 e. The van der Waals surface area contributed by atoms with E-state index in [1.165, 1.54) is 24.8 Å². The Morgan fingerprint density at radius 2 is 1.69 bits per heavy atom. The maximum absolute atomic E-state index is 5.96. The molecule has 1 fully saturated rings. The van der Waals surface area contributed by atoms with Crippen LogP contribution in [-0.2, 0) is 4.74 Å². The molecule has 1 aromatic carbocycles. The van der Waals surface area contributed by atoms with Crippen LogP contribution in [0.25, 0.3) is 0 Å². The summed E-state index contributed by atoms with van der Waals surface area (Å²) in [4.78, 5) is 0. The molecule has 80 valence electrons. The van der Waals surface area contributed by atoms with Crippen LogP contribution in [0.3, 0.4) is 0 Å². The van der Waals surface area contributed by atoms with E-state index in [1.54, 1.807) is 16.7 Å². The lowest BCUT2D eigenvalue weighted by atomic mass is 9.82. The van der Waals surface area contributed by atoms with Gasteiger partial charge in [0.1, 0.15) is 12.2 Å². The fourth-order valence-corrected chi connectivity index (χ4v) is 4.37. The lowest BCUT2D eigenvalue weighted by molar-refractivity contribution is 0.0875. The number of ether oxygens (including phenoxy) is 1. The molecule has 4 aliphatic rings. The molecular weight excluding hydrogens is 196 g/mol. The summed E-state index contributed by atoms with van der Waals surface area (Å²) in [6, 6.07) is 4.71. The molecule has 0 amide bonds. The molecule has 1 saturated carbocycles. The van der Waals surface area contributed by atoms with E-state index in [0.717, 1.165) is 11.8 Å². The minimum Gasteiger partial charge on any atom is -0.357 e. The second-order valence-corrected chi connectivity index (χ2v) is 5.64. The first-order valence-electron chi connectivity index (χ1n) is 6.42. The average Bonchev–Trinajstić information content (AvgIpc) is 3.08. The number of hydrogen-bond donors (Lipinski definition) is 0. The van der Waals surface area contributed by atoms with Crippen molar-refractivity contribution in [2.24, 2.45) is 0 Å². The van der Waals surface area contributed by atoms with E-state index in [1.807, 2.05) is 0 Å². The van der Waals surface area contributed by atoms with Crippen molar-refractivity contribution in [3.63, 3.8) is 0 Å². The Labute approximate surface area is 95.1 Å². The van der Waals surface area contributed by atoms with Gasteiger partial charge in [0, 0.05) is 0 Å². The quantitative estimate of drug-likeness (QED) is 0.593. The molecule has 0 N–H and O–H groups in total. The van der Waals surface area contributed by atoms with Crippen LogP contribution in [0.1, 0.15) is 65.6 Å². The molecule has 16 heavy (non-hydrogen) atoms. The first-order valence-corrected chi connectivity index (χ1v) is 6.42. The molecular formula is C15H14O. The van der Waals surface area contributed by atoms with E-state index in [2.05, 4.69) is 24.3 Å². The van der Waals surface area contributed by atoms with Gasteiger partial charge in [-0.05, 0) is 53.4 Å². The fraction of sp³-hybridized carbons (Fsp3) is 0.467.